The van der Waals surface area contributed by atoms with Gasteiger partial charge in [0, 0.05) is 17.6 Å². The average Bonchev–Trinajstić information content (AvgIpc) is 2.95. The van der Waals surface area contributed by atoms with E-state index in [2.05, 4.69) is 10.2 Å². The number of hydrogen-bond acceptors (Lipinski definition) is 5. The van der Waals surface area contributed by atoms with Crippen LogP contribution in [0, 0.1) is 6.92 Å². The van der Waals surface area contributed by atoms with Crippen LogP contribution in [0.5, 0.6) is 0 Å². The zero-order chi connectivity index (χ0) is 16.6. The summed E-state index contributed by atoms with van der Waals surface area (Å²) < 4.78 is 6.41. The SMILES string of the molecule is COC(=O)c1ccc2c3n[nH]c(C)c3c(=O)n(CCCN)c2c1. The van der Waals surface area contributed by atoms with Crippen molar-refractivity contribution >= 4 is 27.8 Å². The van der Waals surface area contributed by atoms with E-state index in [1.165, 1.54) is 7.11 Å². The summed E-state index contributed by atoms with van der Waals surface area (Å²) in [5.41, 5.74) is 7.85. The molecule has 2 heterocycles. The van der Waals surface area contributed by atoms with Crippen LogP contribution in [0.3, 0.4) is 0 Å². The molecule has 0 amide bonds. The van der Waals surface area contributed by atoms with E-state index in [0.29, 0.717) is 41.5 Å². The number of fused-ring (bicyclic) bond motifs is 3. The molecule has 0 radical (unpaired) electrons. The van der Waals surface area contributed by atoms with Crippen LogP contribution in [0.25, 0.3) is 21.8 Å². The van der Waals surface area contributed by atoms with Gasteiger partial charge in [-0.1, -0.05) is 0 Å². The van der Waals surface area contributed by atoms with E-state index >= 15 is 0 Å². The van der Waals surface area contributed by atoms with Gasteiger partial charge < -0.3 is 15.0 Å². The zero-order valence-electron chi connectivity index (χ0n) is 13.0. The third-order valence-electron chi connectivity index (χ3n) is 3.96. The number of carbonyl (C=O) groups is 1. The normalized spacial score (nSPS) is 11.3. The number of aromatic nitrogens is 3. The summed E-state index contributed by atoms with van der Waals surface area (Å²) in [4.78, 5) is 24.6. The van der Waals surface area contributed by atoms with Crippen LogP contribution < -0.4 is 11.3 Å². The molecule has 7 heteroatoms. The monoisotopic (exact) mass is 314 g/mol. The summed E-state index contributed by atoms with van der Waals surface area (Å²) in [6.45, 7) is 2.78. The lowest BCUT2D eigenvalue weighted by Gasteiger charge is -2.12. The average molecular weight is 314 g/mol. The Kier molecular flexibility index (Phi) is 3.87. The number of H-pyrrole nitrogens is 1. The summed E-state index contributed by atoms with van der Waals surface area (Å²) in [5, 5.41) is 8.49. The maximum atomic E-state index is 12.8. The van der Waals surface area contributed by atoms with Crippen LogP contribution in [-0.2, 0) is 11.3 Å². The molecule has 0 bridgehead atoms. The molecule has 0 aliphatic rings. The van der Waals surface area contributed by atoms with E-state index in [1.54, 1.807) is 22.8 Å². The largest absolute Gasteiger partial charge is 0.465 e. The minimum absolute atomic E-state index is 0.130. The number of rotatable bonds is 4. The lowest BCUT2D eigenvalue weighted by atomic mass is 10.1. The van der Waals surface area contributed by atoms with Gasteiger partial charge in [-0.25, -0.2) is 4.79 Å². The van der Waals surface area contributed by atoms with E-state index in [9.17, 15) is 9.59 Å². The Morgan fingerprint density at radius 2 is 2.22 bits per heavy atom. The quantitative estimate of drug-likeness (QED) is 0.707. The fraction of sp³-hybridized carbons (Fsp3) is 0.312. The van der Waals surface area contributed by atoms with Gasteiger partial charge in [0.05, 0.1) is 23.6 Å². The van der Waals surface area contributed by atoms with Gasteiger partial charge in [-0.15, -0.1) is 0 Å². The Hall–Kier alpha value is -2.67. The topological polar surface area (TPSA) is 103 Å². The fourth-order valence-electron chi connectivity index (χ4n) is 2.80. The lowest BCUT2D eigenvalue weighted by molar-refractivity contribution is 0.0601. The summed E-state index contributed by atoms with van der Waals surface area (Å²) >= 11 is 0. The fourth-order valence-corrected chi connectivity index (χ4v) is 2.80. The zero-order valence-corrected chi connectivity index (χ0v) is 13.0. The maximum absolute atomic E-state index is 12.8. The Balaban J connectivity index is 2.40. The Morgan fingerprint density at radius 1 is 1.43 bits per heavy atom. The molecule has 0 unspecified atom stereocenters. The molecule has 120 valence electrons. The highest BCUT2D eigenvalue weighted by molar-refractivity contribution is 6.06. The second-order valence-corrected chi connectivity index (χ2v) is 5.39. The molecule has 0 aliphatic carbocycles. The number of aryl methyl sites for hydroxylation is 2. The van der Waals surface area contributed by atoms with Crippen molar-refractivity contribution < 1.29 is 9.53 Å². The van der Waals surface area contributed by atoms with Gasteiger partial charge in [0.2, 0.25) is 0 Å². The van der Waals surface area contributed by atoms with Gasteiger partial charge >= 0.3 is 5.97 Å². The van der Waals surface area contributed by atoms with Gasteiger partial charge in [0.25, 0.3) is 5.56 Å². The summed E-state index contributed by atoms with van der Waals surface area (Å²) in [7, 11) is 1.33. The first-order valence-corrected chi connectivity index (χ1v) is 7.38. The number of methoxy groups -OCH3 is 1. The standard InChI is InChI=1S/C16H18N4O3/c1-9-13-14(19-18-9)11-5-4-10(16(22)23-2)8-12(11)20(15(13)21)7-3-6-17/h4-5,8H,3,6-7,17H2,1-2H3,(H,18,19). The third kappa shape index (κ3) is 2.39. The van der Waals surface area contributed by atoms with Crippen LogP contribution in [0.4, 0.5) is 0 Å². The predicted molar refractivity (Wildman–Crippen MR) is 87.6 cm³/mol. The highest BCUT2D eigenvalue weighted by Crippen LogP contribution is 2.24. The van der Waals surface area contributed by atoms with Crippen LogP contribution in [-0.4, -0.2) is 34.4 Å². The van der Waals surface area contributed by atoms with E-state index in [1.807, 2.05) is 6.92 Å². The second kappa shape index (κ2) is 5.85. The number of pyridine rings is 1. The molecular weight excluding hydrogens is 296 g/mol. The number of esters is 1. The molecule has 23 heavy (non-hydrogen) atoms. The molecule has 3 rings (SSSR count). The number of hydrogen-bond donors (Lipinski definition) is 2. The van der Waals surface area contributed by atoms with Crippen molar-refractivity contribution in [1.82, 2.24) is 14.8 Å². The van der Waals surface area contributed by atoms with Crippen molar-refractivity contribution in [2.24, 2.45) is 5.73 Å². The predicted octanol–water partition coefficient (Wildman–Crippen LogP) is 1.32. The lowest BCUT2D eigenvalue weighted by Crippen LogP contribution is -2.22. The van der Waals surface area contributed by atoms with Crippen molar-refractivity contribution in [1.29, 1.82) is 0 Å². The first kappa shape index (κ1) is 15.2. The molecule has 3 N–H and O–H groups in total. The van der Waals surface area contributed by atoms with Gasteiger partial charge in [-0.3, -0.25) is 9.89 Å². The Labute approximate surface area is 132 Å². The summed E-state index contributed by atoms with van der Waals surface area (Å²) in [6, 6.07) is 5.14. The summed E-state index contributed by atoms with van der Waals surface area (Å²) in [5.74, 6) is -0.442. The van der Waals surface area contributed by atoms with E-state index in [4.69, 9.17) is 10.5 Å². The van der Waals surface area contributed by atoms with Gasteiger partial charge in [0.1, 0.15) is 5.52 Å². The van der Waals surface area contributed by atoms with Crippen LogP contribution in [0.2, 0.25) is 0 Å². The van der Waals surface area contributed by atoms with Crippen molar-refractivity contribution in [3.63, 3.8) is 0 Å². The third-order valence-corrected chi connectivity index (χ3v) is 3.96. The molecule has 0 fully saturated rings. The van der Waals surface area contributed by atoms with Crippen LogP contribution >= 0.6 is 0 Å². The molecule has 0 saturated heterocycles. The van der Waals surface area contributed by atoms with Gasteiger partial charge in [-0.2, -0.15) is 5.10 Å². The number of nitrogens with zero attached hydrogens (tertiary/aromatic N) is 2. The highest BCUT2D eigenvalue weighted by atomic mass is 16.5. The Bertz CT molecular complexity index is 955. The molecule has 0 spiro atoms. The molecular formula is C16H18N4O3. The number of nitrogens with two attached hydrogens (primary N) is 1. The molecule has 3 aromatic rings. The molecule has 0 atom stereocenters. The Morgan fingerprint density at radius 3 is 2.91 bits per heavy atom. The maximum Gasteiger partial charge on any atom is 0.337 e. The van der Waals surface area contributed by atoms with Gasteiger partial charge in [0.15, 0.2) is 0 Å². The summed E-state index contributed by atoms with van der Waals surface area (Å²) in [6.07, 6.45) is 0.667. The highest BCUT2D eigenvalue weighted by Gasteiger charge is 2.17. The molecule has 0 aliphatic heterocycles. The first-order chi connectivity index (χ1) is 11.1. The first-order valence-electron chi connectivity index (χ1n) is 7.38. The van der Waals surface area contributed by atoms with Crippen LogP contribution in [0.1, 0.15) is 22.5 Å². The van der Waals surface area contributed by atoms with E-state index in [-0.39, 0.29) is 5.56 Å². The molecule has 2 aromatic heterocycles. The minimum Gasteiger partial charge on any atom is -0.465 e. The van der Waals surface area contributed by atoms with Crippen LogP contribution in [0.15, 0.2) is 23.0 Å². The molecule has 7 nitrogen and oxygen atoms in total. The van der Waals surface area contributed by atoms with Crippen molar-refractivity contribution in [3.05, 3.63) is 39.8 Å². The smallest absolute Gasteiger partial charge is 0.337 e. The number of aromatic amines is 1. The van der Waals surface area contributed by atoms with Gasteiger partial charge in [-0.05, 0) is 38.1 Å². The number of nitrogens with one attached hydrogen (secondary N) is 1. The molecule has 0 saturated carbocycles. The number of carbonyl (C=O) groups excluding carboxylic acids is 1. The second-order valence-electron chi connectivity index (χ2n) is 5.39. The molecule has 1 aromatic carbocycles. The van der Waals surface area contributed by atoms with Crippen molar-refractivity contribution in [2.75, 3.05) is 13.7 Å². The number of benzene rings is 1. The van der Waals surface area contributed by atoms with Crippen molar-refractivity contribution in [2.45, 2.75) is 19.9 Å². The minimum atomic E-state index is -0.442. The van der Waals surface area contributed by atoms with E-state index < -0.39 is 5.97 Å². The van der Waals surface area contributed by atoms with E-state index in [0.717, 1.165) is 11.1 Å². The number of ether oxygens (including phenoxy) is 1. The van der Waals surface area contributed by atoms with Crippen molar-refractivity contribution in [3.8, 4) is 0 Å².